The predicted molar refractivity (Wildman–Crippen MR) is 58.3 cm³/mol. The summed E-state index contributed by atoms with van der Waals surface area (Å²) in [6.07, 6.45) is -5.50. The second-order valence-corrected chi connectivity index (χ2v) is 4.43. The van der Waals surface area contributed by atoms with Crippen LogP contribution in [0.5, 0.6) is 0 Å². The first-order valence-electron chi connectivity index (χ1n) is 4.69. The van der Waals surface area contributed by atoms with Crippen LogP contribution in [0, 0.1) is 5.92 Å². The van der Waals surface area contributed by atoms with E-state index < -0.39 is 35.3 Å². The molecule has 4 N–H and O–H groups in total. The lowest BCUT2D eigenvalue weighted by atomic mass is 9.96. The first-order chi connectivity index (χ1) is 7.20. The topological polar surface area (TPSA) is 115 Å². The zero-order valence-electron chi connectivity index (χ0n) is 8.94. The molecule has 7 heteroatoms. The molecule has 0 bridgehead atoms. The predicted octanol–water partition coefficient (Wildman–Crippen LogP) is -1.32. The van der Waals surface area contributed by atoms with Gasteiger partial charge in [-0.25, -0.2) is 4.79 Å². The molecule has 16 heavy (non-hydrogen) atoms. The highest BCUT2D eigenvalue weighted by atomic mass is 32.1. The summed E-state index contributed by atoms with van der Waals surface area (Å²) < 4.78 is 0. The highest BCUT2D eigenvalue weighted by molar-refractivity contribution is 7.81. The maximum Gasteiger partial charge on any atom is 0.375 e. The molecule has 0 aromatic rings. The van der Waals surface area contributed by atoms with Gasteiger partial charge < -0.3 is 20.4 Å². The number of hydrogen-bond donors (Lipinski definition) is 5. The highest BCUT2D eigenvalue weighted by Gasteiger charge is 2.37. The van der Waals surface area contributed by atoms with Gasteiger partial charge >= 0.3 is 5.97 Å². The molecule has 0 aliphatic heterocycles. The van der Waals surface area contributed by atoms with E-state index in [4.69, 9.17) is 5.11 Å². The normalized spacial score (nSPS) is 18.9. The first kappa shape index (κ1) is 15.4. The number of ketones is 1. The smallest absolute Gasteiger partial charge is 0.375 e. The lowest BCUT2D eigenvalue weighted by Crippen LogP contribution is -2.49. The molecule has 0 aliphatic rings. The van der Waals surface area contributed by atoms with Gasteiger partial charge in [0.25, 0.3) is 5.78 Å². The van der Waals surface area contributed by atoms with E-state index in [-0.39, 0.29) is 5.92 Å². The molecule has 0 aliphatic carbocycles. The SMILES string of the molecule is CC(C)C(S)[C@H](O)[C@@H](O)[C@H](O)C(=O)C(=O)O. The first-order valence-corrected chi connectivity index (χ1v) is 5.21. The number of carboxylic acid groups (broad SMARTS) is 1. The number of aliphatic carboxylic acids is 1. The van der Waals surface area contributed by atoms with Gasteiger partial charge in [0.2, 0.25) is 0 Å². The molecule has 0 aromatic carbocycles. The molecule has 0 rings (SSSR count). The molecule has 4 atom stereocenters. The van der Waals surface area contributed by atoms with Crippen LogP contribution in [-0.4, -0.2) is 55.7 Å². The van der Waals surface area contributed by atoms with Crippen LogP contribution < -0.4 is 0 Å². The van der Waals surface area contributed by atoms with Crippen molar-refractivity contribution in [3.63, 3.8) is 0 Å². The quantitative estimate of drug-likeness (QED) is 0.296. The van der Waals surface area contributed by atoms with Crippen LogP contribution in [0.4, 0.5) is 0 Å². The number of Topliss-reactive ketones (excluding diaryl/α,β-unsaturated/α-hetero) is 1. The summed E-state index contributed by atoms with van der Waals surface area (Å²) in [7, 11) is 0. The van der Waals surface area contributed by atoms with Crippen LogP contribution in [0.3, 0.4) is 0 Å². The average molecular weight is 252 g/mol. The molecule has 0 radical (unpaired) electrons. The summed E-state index contributed by atoms with van der Waals surface area (Å²) in [5.74, 6) is -3.53. The Morgan fingerprint density at radius 2 is 1.50 bits per heavy atom. The van der Waals surface area contributed by atoms with Crippen molar-refractivity contribution in [2.45, 2.75) is 37.4 Å². The van der Waals surface area contributed by atoms with Crippen LogP contribution in [-0.2, 0) is 9.59 Å². The minimum Gasteiger partial charge on any atom is -0.475 e. The van der Waals surface area contributed by atoms with Crippen molar-refractivity contribution < 1.29 is 30.0 Å². The Kier molecular flexibility index (Phi) is 5.95. The molecule has 0 aromatic heterocycles. The largest absolute Gasteiger partial charge is 0.475 e. The van der Waals surface area contributed by atoms with Crippen LogP contribution in [0.2, 0.25) is 0 Å². The Morgan fingerprint density at radius 1 is 1.06 bits per heavy atom. The Balaban J connectivity index is 4.60. The van der Waals surface area contributed by atoms with Crippen molar-refractivity contribution in [1.82, 2.24) is 0 Å². The fraction of sp³-hybridized carbons (Fsp3) is 0.778. The minimum atomic E-state index is -2.15. The fourth-order valence-electron chi connectivity index (χ4n) is 1.06. The number of carbonyl (C=O) groups excluding carboxylic acids is 1. The van der Waals surface area contributed by atoms with E-state index in [1.54, 1.807) is 13.8 Å². The van der Waals surface area contributed by atoms with Gasteiger partial charge in [-0.1, -0.05) is 13.8 Å². The molecule has 0 fully saturated rings. The number of hydrogen-bond acceptors (Lipinski definition) is 6. The summed E-state index contributed by atoms with van der Waals surface area (Å²) in [6.45, 7) is 3.44. The molecule has 94 valence electrons. The number of carbonyl (C=O) groups is 2. The lowest BCUT2D eigenvalue weighted by Gasteiger charge is -2.27. The summed E-state index contributed by atoms with van der Waals surface area (Å²) in [4.78, 5) is 21.1. The van der Waals surface area contributed by atoms with E-state index in [0.29, 0.717) is 0 Å². The number of thiol groups is 1. The molecule has 0 saturated heterocycles. The zero-order chi connectivity index (χ0) is 13.0. The van der Waals surface area contributed by atoms with E-state index in [1.165, 1.54) is 0 Å². The van der Waals surface area contributed by atoms with Crippen molar-refractivity contribution in [2.24, 2.45) is 5.92 Å². The van der Waals surface area contributed by atoms with Gasteiger partial charge in [-0.15, -0.1) is 0 Å². The Labute approximate surface area is 98.3 Å². The van der Waals surface area contributed by atoms with Crippen molar-refractivity contribution in [2.75, 3.05) is 0 Å². The summed E-state index contributed by atoms with van der Waals surface area (Å²) in [5, 5.41) is 35.7. The van der Waals surface area contributed by atoms with E-state index in [0.717, 1.165) is 0 Å². The number of carboxylic acids is 1. The van der Waals surface area contributed by atoms with Crippen LogP contribution in [0.15, 0.2) is 0 Å². The third kappa shape index (κ3) is 3.75. The maximum atomic E-state index is 10.8. The molecule has 1 unspecified atom stereocenters. The van der Waals surface area contributed by atoms with Crippen LogP contribution >= 0.6 is 12.6 Å². The van der Waals surface area contributed by atoms with Gasteiger partial charge in [0.15, 0.2) is 6.10 Å². The Hall–Kier alpha value is -0.630. The standard InChI is InChI=1S/C9H16O6S/c1-3(2)8(16)6(12)4(10)5(11)7(13)9(14)15/h3-6,8,10-12,16H,1-2H3,(H,14,15)/t4-,5-,6+,8?/m0/s1. The van der Waals surface area contributed by atoms with Gasteiger partial charge in [0.05, 0.1) is 6.10 Å². The number of aliphatic hydroxyl groups is 3. The lowest BCUT2D eigenvalue weighted by molar-refractivity contribution is -0.158. The molecule has 0 saturated carbocycles. The van der Waals surface area contributed by atoms with Gasteiger partial charge in [0, 0.05) is 5.25 Å². The maximum absolute atomic E-state index is 10.8. The molecule has 6 nitrogen and oxygen atoms in total. The van der Waals surface area contributed by atoms with E-state index in [9.17, 15) is 24.9 Å². The summed E-state index contributed by atoms with van der Waals surface area (Å²) in [5.41, 5.74) is 0. The van der Waals surface area contributed by atoms with Gasteiger partial charge in [0.1, 0.15) is 6.10 Å². The summed E-state index contributed by atoms with van der Waals surface area (Å²) in [6, 6.07) is 0. The Bertz CT molecular complexity index is 267. The monoisotopic (exact) mass is 252 g/mol. The van der Waals surface area contributed by atoms with Crippen LogP contribution in [0.1, 0.15) is 13.8 Å². The molecular formula is C9H16O6S. The van der Waals surface area contributed by atoms with E-state index in [1.807, 2.05) is 0 Å². The second kappa shape index (κ2) is 6.19. The van der Waals surface area contributed by atoms with Gasteiger partial charge in [-0.3, -0.25) is 4.79 Å². The van der Waals surface area contributed by atoms with Gasteiger partial charge in [-0.2, -0.15) is 12.6 Å². The molecule has 0 amide bonds. The van der Waals surface area contributed by atoms with Gasteiger partial charge in [-0.05, 0) is 5.92 Å². The fourth-order valence-corrected chi connectivity index (χ4v) is 1.24. The third-order valence-electron chi connectivity index (χ3n) is 2.19. The average Bonchev–Trinajstić information content (AvgIpc) is 2.23. The third-order valence-corrected chi connectivity index (χ3v) is 3.09. The van der Waals surface area contributed by atoms with Crippen molar-refractivity contribution in [1.29, 1.82) is 0 Å². The summed E-state index contributed by atoms with van der Waals surface area (Å²) >= 11 is 3.99. The zero-order valence-corrected chi connectivity index (χ0v) is 9.83. The highest BCUT2D eigenvalue weighted by Crippen LogP contribution is 2.17. The molecule has 0 heterocycles. The van der Waals surface area contributed by atoms with E-state index >= 15 is 0 Å². The van der Waals surface area contributed by atoms with Crippen molar-refractivity contribution in [3.05, 3.63) is 0 Å². The minimum absolute atomic E-state index is 0.111. The Morgan fingerprint density at radius 3 is 1.81 bits per heavy atom. The molecular weight excluding hydrogens is 236 g/mol. The van der Waals surface area contributed by atoms with Crippen molar-refractivity contribution in [3.8, 4) is 0 Å². The number of aliphatic hydroxyl groups excluding tert-OH is 3. The second-order valence-electron chi connectivity index (χ2n) is 3.83. The van der Waals surface area contributed by atoms with E-state index in [2.05, 4.69) is 12.6 Å². The molecule has 0 spiro atoms. The number of rotatable bonds is 6. The van der Waals surface area contributed by atoms with Crippen molar-refractivity contribution >= 4 is 24.4 Å². The van der Waals surface area contributed by atoms with Crippen LogP contribution in [0.25, 0.3) is 0 Å².